The molecule has 2 rings (SSSR count). The first-order valence-corrected chi connectivity index (χ1v) is 7.30. The van der Waals surface area contributed by atoms with Crippen molar-refractivity contribution in [2.75, 3.05) is 13.2 Å². The molecule has 1 aromatic rings. The average Bonchev–Trinajstić information content (AvgIpc) is 2.48. The molecule has 1 amide bonds. The predicted octanol–water partition coefficient (Wildman–Crippen LogP) is 1.87. The summed E-state index contributed by atoms with van der Waals surface area (Å²) in [6, 6.07) is 9.82. The molecule has 0 bridgehead atoms. The SMILES string of the molecule is O=C(COCc1ccccc1)NCC1CCC(O)CC1. The van der Waals surface area contributed by atoms with Crippen LogP contribution in [0.2, 0.25) is 0 Å². The van der Waals surface area contributed by atoms with Crippen LogP contribution < -0.4 is 5.32 Å². The maximum atomic E-state index is 11.7. The molecule has 0 unspecified atom stereocenters. The largest absolute Gasteiger partial charge is 0.393 e. The summed E-state index contributed by atoms with van der Waals surface area (Å²) in [6.45, 7) is 1.26. The van der Waals surface area contributed by atoms with Crippen LogP contribution in [0.1, 0.15) is 31.2 Å². The Bertz CT molecular complexity index is 399. The standard InChI is InChI=1S/C16H23NO3/c18-15-8-6-13(7-9-15)10-17-16(19)12-20-11-14-4-2-1-3-5-14/h1-5,13,15,18H,6-12H2,(H,17,19). The average molecular weight is 277 g/mol. The van der Waals surface area contributed by atoms with Gasteiger partial charge in [-0.25, -0.2) is 0 Å². The van der Waals surface area contributed by atoms with Crippen molar-refractivity contribution in [2.45, 2.75) is 38.4 Å². The summed E-state index contributed by atoms with van der Waals surface area (Å²) in [5, 5.41) is 12.3. The maximum absolute atomic E-state index is 11.7. The molecule has 20 heavy (non-hydrogen) atoms. The molecule has 1 aliphatic rings. The number of carbonyl (C=O) groups is 1. The minimum Gasteiger partial charge on any atom is -0.393 e. The summed E-state index contributed by atoms with van der Waals surface area (Å²) in [7, 11) is 0. The van der Waals surface area contributed by atoms with E-state index in [0.717, 1.165) is 31.2 Å². The normalized spacial score (nSPS) is 22.4. The van der Waals surface area contributed by atoms with Gasteiger partial charge in [0.1, 0.15) is 6.61 Å². The summed E-state index contributed by atoms with van der Waals surface area (Å²) in [5.41, 5.74) is 1.07. The second-order valence-corrected chi connectivity index (χ2v) is 5.46. The second kappa shape index (κ2) is 8.02. The lowest BCUT2D eigenvalue weighted by Crippen LogP contribution is -2.34. The third kappa shape index (κ3) is 5.31. The minimum absolute atomic E-state index is 0.0629. The first-order valence-electron chi connectivity index (χ1n) is 7.30. The lowest BCUT2D eigenvalue weighted by molar-refractivity contribution is -0.126. The molecule has 0 saturated heterocycles. The Hall–Kier alpha value is -1.39. The van der Waals surface area contributed by atoms with E-state index < -0.39 is 0 Å². The fraction of sp³-hybridized carbons (Fsp3) is 0.562. The molecule has 0 aliphatic heterocycles. The third-order valence-corrected chi connectivity index (χ3v) is 3.75. The van der Waals surface area contributed by atoms with Crippen LogP contribution in [-0.4, -0.2) is 30.3 Å². The van der Waals surface area contributed by atoms with Crippen LogP contribution in [0.5, 0.6) is 0 Å². The molecule has 0 radical (unpaired) electrons. The van der Waals surface area contributed by atoms with Gasteiger partial charge in [-0.05, 0) is 37.2 Å². The van der Waals surface area contributed by atoms with Crippen molar-refractivity contribution in [3.05, 3.63) is 35.9 Å². The molecular formula is C16H23NO3. The summed E-state index contributed by atoms with van der Waals surface area (Å²) in [4.78, 5) is 11.7. The molecule has 0 spiro atoms. The quantitative estimate of drug-likeness (QED) is 0.834. The number of ether oxygens (including phenoxy) is 1. The van der Waals surface area contributed by atoms with Gasteiger partial charge >= 0.3 is 0 Å². The number of benzene rings is 1. The topological polar surface area (TPSA) is 58.6 Å². The zero-order chi connectivity index (χ0) is 14.2. The first-order chi connectivity index (χ1) is 9.74. The molecule has 1 saturated carbocycles. The van der Waals surface area contributed by atoms with E-state index >= 15 is 0 Å². The molecule has 1 aliphatic carbocycles. The molecule has 0 aromatic heterocycles. The van der Waals surface area contributed by atoms with Crippen molar-refractivity contribution >= 4 is 5.91 Å². The van der Waals surface area contributed by atoms with E-state index in [0.29, 0.717) is 19.1 Å². The molecule has 4 heteroatoms. The van der Waals surface area contributed by atoms with Crippen LogP contribution >= 0.6 is 0 Å². The summed E-state index contributed by atoms with van der Waals surface area (Å²) < 4.78 is 5.39. The fourth-order valence-electron chi connectivity index (χ4n) is 2.49. The van der Waals surface area contributed by atoms with Crippen LogP contribution in [0.3, 0.4) is 0 Å². The van der Waals surface area contributed by atoms with Gasteiger partial charge in [-0.2, -0.15) is 0 Å². The Labute approximate surface area is 120 Å². The van der Waals surface area contributed by atoms with E-state index in [9.17, 15) is 9.90 Å². The van der Waals surface area contributed by atoms with E-state index in [1.807, 2.05) is 30.3 Å². The summed E-state index contributed by atoms with van der Waals surface area (Å²) in [6.07, 6.45) is 3.55. The number of rotatable bonds is 6. The van der Waals surface area contributed by atoms with E-state index in [1.54, 1.807) is 0 Å². The van der Waals surface area contributed by atoms with Gasteiger partial charge < -0.3 is 15.2 Å². The minimum atomic E-state index is -0.142. The van der Waals surface area contributed by atoms with Crippen molar-refractivity contribution in [3.63, 3.8) is 0 Å². The van der Waals surface area contributed by atoms with Gasteiger partial charge in [0.25, 0.3) is 0 Å². The Morgan fingerprint density at radius 3 is 2.60 bits per heavy atom. The number of aliphatic hydroxyl groups excluding tert-OH is 1. The van der Waals surface area contributed by atoms with Crippen molar-refractivity contribution in [3.8, 4) is 0 Å². The van der Waals surface area contributed by atoms with Gasteiger partial charge in [0, 0.05) is 6.54 Å². The fourth-order valence-corrected chi connectivity index (χ4v) is 2.49. The summed E-state index contributed by atoms with van der Waals surface area (Å²) >= 11 is 0. The highest BCUT2D eigenvalue weighted by atomic mass is 16.5. The van der Waals surface area contributed by atoms with Gasteiger partial charge in [0.2, 0.25) is 5.91 Å². The number of hydrogen-bond donors (Lipinski definition) is 2. The lowest BCUT2D eigenvalue weighted by Gasteiger charge is -2.25. The van der Waals surface area contributed by atoms with Crippen molar-refractivity contribution in [2.24, 2.45) is 5.92 Å². The third-order valence-electron chi connectivity index (χ3n) is 3.75. The van der Waals surface area contributed by atoms with E-state index in [-0.39, 0.29) is 18.6 Å². The number of aliphatic hydroxyl groups is 1. The Balaban J connectivity index is 1.56. The number of hydrogen-bond acceptors (Lipinski definition) is 3. The van der Waals surface area contributed by atoms with Crippen molar-refractivity contribution in [1.29, 1.82) is 0 Å². The van der Waals surface area contributed by atoms with Crippen LogP contribution in [0.15, 0.2) is 30.3 Å². The van der Waals surface area contributed by atoms with Crippen molar-refractivity contribution in [1.82, 2.24) is 5.32 Å². The Kier molecular flexibility index (Phi) is 6.02. The van der Waals surface area contributed by atoms with Crippen molar-refractivity contribution < 1.29 is 14.6 Å². The van der Waals surface area contributed by atoms with E-state index in [4.69, 9.17) is 4.74 Å². The van der Waals surface area contributed by atoms with Crippen LogP contribution in [-0.2, 0) is 16.1 Å². The molecule has 1 fully saturated rings. The van der Waals surface area contributed by atoms with E-state index in [1.165, 1.54) is 0 Å². The zero-order valence-electron chi connectivity index (χ0n) is 11.8. The van der Waals surface area contributed by atoms with E-state index in [2.05, 4.69) is 5.32 Å². The number of nitrogens with one attached hydrogen (secondary N) is 1. The molecule has 4 nitrogen and oxygen atoms in total. The molecule has 0 heterocycles. The highest BCUT2D eigenvalue weighted by Crippen LogP contribution is 2.23. The summed E-state index contributed by atoms with van der Waals surface area (Å²) in [5.74, 6) is 0.434. The van der Waals surface area contributed by atoms with Crippen LogP contribution in [0, 0.1) is 5.92 Å². The monoisotopic (exact) mass is 277 g/mol. The predicted molar refractivity (Wildman–Crippen MR) is 77.1 cm³/mol. The Morgan fingerprint density at radius 2 is 1.90 bits per heavy atom. The van der Waals surface area contributed by atoms with Gasteiger partial charge in [-0.1, -0.05) is 30.3 Å². The molecule has 0 atom stereocenters. The van der Waals surface area contributed by atoms with Gasteiger partial charge in [-0.3, -0.25) is 4.79 Å². The number of carbonyl (C=O) groups excluding carboxylic acids is 1. The zero-order valence-corrected chi connectivity index (χ0v) is 11.8. The van der Waals surface area contributed by atoms with Crippen LogP contribution in [0.4, 0.5) is 0 Å². The second-order valence-electron chi connectivity index (χ2n) is 5.46. The molecule has 2 N–H and O–H groups in total. The Morgan fingerprint density at radius 1 is 1.20 bits per heavy atom. The van der Waals surface area contributed by atoms with Gasteiger partial charge in [-0.15, -0.1) is 0 Å². The molecule has 110 valence electrons. The highest BCUT2D eigenvalue weighted by Gasteiger charge is 2.19. The highest BCUT2D eigenvalue weighted by molar-refractivity contribution is 5.77. The molecule has 1 aromatic carbocycles. The maximum Gasteiger partial charge on any atom is 0.246 e. The van der Waals surface area contributed by atoms with Gasteiger partial charge in [0.15, 0.2) is 0 Å². The van der Waals surface area contributed by atoms with Crippen LogP contribution in [0.25, 0.3) is 0 Å². The van der Waals surface area contributed by atoms with Gasteiger partial charge in [0.05, 0.1) is 12.7 Å². The smallest absolute Gasteiger partial charge is 0.246 e. The lowest BCUT2D eigenvalue weighted by atomic mass is 9.87. The molecular weight excluding hydrogens is 254 g/mol. The first kappa shape index (κ1) is 15.0. The number of amides is 1.